The number of hydrogen-bond acceptors (Lipinski definition) is 2. The molecule has 108 valence electrons. The van der Waals surface area contributed by atoms with Gasteiger partial charge in [0.15, 0.2) is 5.82 Å². The molecule has 0 radical (unpaired) electrons. The van der Waals surface area contributed by atoms with E-state index < -0.39 is 0 Å². The van der Waals surface area contributed by atoms with Gasteiger partial charge in [0.25, 0.3) is 0 Å². The van der Waals surface area contributed by atoms with E-state index in [2.05, 4.69) is 11.1 Å². The molecule has 0 spiro atoms. The monoisotopic (exact) mass is 327 g/mol. The van der Waals surface area contributed by atoms with Crippen LogP contribution in [0.5, 0.6) is 0 Å². The first-order chi connectivity index (χ1) is 10.6. The number of nitrogens with zero attached hydrogens (tertiary/aromatic N) is 3. The van der Waals surface area contributed by atoms with Gasteiger partial charge in [-0.15, -0.1) is 0 Å². The zero-order chi connectivity index (χ0) is 15.7. The lowest BCUT2D eigenvalue weighted by molar-refractivity contribution is 0.925. The van der Waals surface area contributed by atoms with Gasteiger partial charge in [0, 0.05) is 7.05 Å². The Morgan fingerprint density at radius 1 is 1.18 bits per heavy atom. The van der Waals surface area contributed by atoms with Crippen molar-refractivity contribution in [2.45, 2.75) is 0 Å². The summed E-state index contributed by atoms with van der Waals surface area (Å²) in [5.74, 6) is 0.620. The lowest BCUT2D eigenvalue weighted by Gasteiger charge is -2.02. The summed E-state index contributed by atoms with van der Waals surface area (Å²) in [5, 5.41) is 10.4. The molecule has 0 atom stereocenters. The highest BCUT2D eigenvalue weighted by molar-refractivity contribution is 6.42. The average molecular weight is 328 g/mol. The van der Waals surface area contributed by atoms with Crippen LogP contribution in [0.15, 0.2) is 42.5 Å². The number of halogens is 2. The first-order valence-electron chi connectivity index (χ1n) is 6.59. The Kier molecular flexibility index (Phi) is 3.89. The molecule has 3 nitrogen and oxygen atoms in total. The van der Waals surface area contributed by atoms with Gasteiger partial charge in [0.2, 0.25) is 0 Å². The van der Waals surface area contributed by atoms with Crippen LogP contribution in [0.1, 0.15) is 11.4 Å². The summed E-state index contributed by atoms with van der Waals surface area (Å²) >= 11 is 11.9. The molecule has 0 fully saturated rings. The largest absolute Gasteiger partial charge is 0.327 e. The smallest absolute Gasteiger partial charge is 0.151 e. The van der Waals surface area contributed by atoms with Crippen LogP contribution in [0, 0.1) is 11.3 Å². The van der Waals surface area contributed by atoms with Crippen molar-refractivity contribution in [2.75, 3.05) is 0 Å². The number of hydrogen-bond donors (Lipinski definition) is 0. The second-order valence-corrected chi connectivity index (χ2v) is 5.64. The first-order valence-corrected chi connectivity index (χ1v) is 7.34. The molecule has 3 aromatic rings. The number of aryl methyl sites for hydroxylation is 1. The molecule has 3 rings (SSSR count). The maximum absolute atomic E-state index is 9.48. The number of imidazole rings is 1. The molecular formula is C17H11Cl2N3. The fraction of sp³-hybridized carbons (Fsp3) is 0.0588. The van der Waals surface area contributed by atoms with E-state index >= 15 is 0 Å². The maximum Gasteiger partial charge on any atom is 0.151 e. The van der Waals surface area contributed by atoms with Gasteiger partial charge in [-0.2, -0.15) is 5.26 Å². The predicted molar refractivity (Wildman–Crippen MR) is 90.7 cm³/mol. The van der Waals surface area contributed by atoms with E-state index in [1.54, 1.807) is 18.2 Å². The topological polar surface area (TPSA) is 41.6 Å². The van der Waals surface area contributed by atoms with Crippen LogP contribution in [0.25, 0.3) is 22.7 Å². The molecule has 0 aliphatic rings. The number of para-hydroxylation sites is 2. The van der Waals surface area contributed by atoms with Crippen LogP contribution in [-0.4, -0.2) is 9.55 Å². The standard InChI is InChI=1S/C17H11Cl2N3/c1-22-16-5-3-2-4-15(16)21-17(22)12(10-20)8-11-6-7-13(18)14(19)9-11/h2-9H,1H3/b12-8+. The van der Waals surface area contributed by atoms with Crippen molar-refractivity contribution < 1.29 is 0 Å². The molecule has 5 heteroatoms. The fourth-order valence-electron chi connectivity index (χ4n) is 2.30. The van der Waals surface area contributed by atoms with Crippen molar-refractivity contribution in [2.24, 2.45) is 7.05 Å². The van der Waals surface area contributed by atoms with E-state index in [9.17, 15) is 5.26 Å². The summed E-state index contributed by atoms with van der Waals surface area (Å²) in [7, 11) is 1.89. The summed E-state index contributed by atoms with van der Waals surface area (Å²) in [6.07, 6.45) is 1.75. The van der Waals surface area contributed by atoms with Crippen LogP contribution in [0.3, 0.4) is 0 Å². The maximum atomic E-state index is 9.48. The Morgan fingerprint density at radius 2 is 1.95 bits per heavy atom. The van der Waals surface area contributed by atoms with Crippen molar-refractivity contribution in [3.8, 4) is 6.07 Å². The molecule has 0 bridgehead atoms. The summed E-state index contributed by atoms with van der Waals surface area (Å²) in [6.45, 7) is 0. The molecular weight excluding hydrogens is 317 g/mol. The van der Waals surface area contributed by atoms with Gasteiger partial charge in [-0.25, -0.2) is 4.98 Å². The number of allylic oxidation sites excluding steroid dienone is 1. The second-order valence-electron chi connectivity index (χ2n) is 4.83. The molecule has 1 aromatic heterocycles. The van der Waals surface area contributed by atoms with E-state index in [4.69, 9.17) is 23.2 Å². The van der Waals surface area contributed by atoms with Crippen LogP contribution >= 0.6 is 23.2 Å². The minimum Gasteiger partial charge on any atom is -0.327 e. The van der Waals surface area contributed by atoms with E-state index in [1.807, 2.05) is 41.9 Å². The van der Waals surface area contributed by atoms with Gasteiger partial charge in [-0.3, -0.25) is 0 Å². The van der Waals surface area contributed by atoms with Gasteiger partial charge in [-0.1, -0.05) is 41.4 Å². The molecule has 0 unspecified atom stereocenters. The third-order valence-corrected chi connectivity index (χ3v) is 4.14. The molecule has 0 N–H and O–H groups in total. The fourth-order valence-corrected chi connectivity index (χ4v) is 2.61. The normalized spacial score (nSPS) is 11.6. The van der Waals surface area contributed by atoms with Crippen molar-refractivity contribution in [1.82, 2.24) is 9.55 Å². The van der Waals surface area contributed by atoms with Crippen LogP contribution < -0.4 is 0 Å². The number of nitriles is 1. The molecule has 2 aromatic carbocycles. The molecule has 0 saturated carbocycles. The summed E-state index contributed by atoms with van der Waals surface area (Å²) in [5.41, 5.74) is 3.11. The van der Waals surface area contributed by atoms with E-state index in [-0.39, 0.29) is 0 Å². The van der Waals surface area contributed by atoms with Crippen LogP contribution in [-0.2, 0) is 7.05 Å². The van der Waals surface area contributed by atoms with Gasteiger partial charge in [0.05, 0.1) is 26.7 Å². The third kappa shape index (κ3) is 2.59. The van der Waals surface area contributed by atoms with Crippen molar-refractivity contribution >= 4 is 45.9 Å². The Bertz CT molecular complexity index is 933. The van der Waals surface area contributed by atoms with Gasteiger partial charge in [-0.05, 0) is 35.9 Å². The summed E-state index contributed by atoms with van der Waals surface area (Å²) in [6, 6.07) is 15.2. The molecule has 0 aliphatic heterocycles. The molecule has 0 aliphatic carbocycles. The highest BCUT2D eigenvalue weighted by Gasteiger charge is 2.12. The van der Waals surface area contributed by atoms with E-state index in [1.165, 1.54) is 0 Å². The van der Waals surface area contributed by atoms with Gasteiger partial charge >= 0.3 is 0 Å². The summed E-state index contributed by atoms with van der Waals surface area (Å²) in [4.78, 5) is 4.53. The van der Waals surface area contributed by atoms with Crippen molar-refractivity contribution in [3.05, 3.63) is 63.9 Å². The highest BCUT2D eigenvalue weighted by atomic mass is 35.5. The third-order valence-electron chi connectivity index (χ3n) is 3.40. The summed E-state index contributed by atoms with van der Waals surface area (Å²) < 4.78 is 1.90. The molecule has 22 heavy (non-hydrogen) atoms. The SMILES string of the molecule is Cn1c(/C(C#N)=C/c2ccc(Cl)c(Cl)c2)nc2ccccc21. The first kappa shape index (κ1) is 14.6. The zero-order valence-electron chi connectivity index (χ0n) is 11.7. The average Bonchev–Trinajstić information content (AvgIpc) is 2.86. The highest BCUT2D eigenvalue weighted by Crippen LogP contribution is 2.26. The van der Waals surface area contributed by atoms with Crippen LogP contribution in [0.2, 0.25) is 10.0 Å². The molecule has 0 amide bonds. The lowest BCUT2D eigenvalue weighted by Crippen LogP contribution is -1.96. The minimum atomic E-state index is 0.456. The van der Waals surface area contributed by atoms with Gasteiger partial charge in [0.1, 0.15) is 6.07 Å². The number of aromatic nitrogens is 2. The van der Waals surface area contributed by atoms with E-state index in [0.717, 1.165) is 16.6 Å². The quantitative estimate of drug-likeness (QED) is 0.625. The molecule has 1 heterocycles. The molecule has 0 saturated heterocycles. The number of rotatable bonds is 2. The van der Waals surface area contributed by atoms with Crippen molar-refractivity contribution in [1.29, 1.82) is 5.26 Å². The second kappa shape index (κ2) is 5.84. The Balaban J connectivity index is 2.13. The van der Waals surface area contributed by atoms with Crippen LogP contribution in [0.4, 0.5) is 0 Å². The lowest BCUT2D eigenvalue weighted by atomic mass is 10.1. The van der Waals surface area contributed by atoms with Crippen molar-refractivity contribution in [3.63, 3.8) is 0 Å². The van der Waals surface area contributed by atoms with Gasteiger partial charge < -0.3 is 4.57 Å². The Hall–Kier alpha value is -2.28. The predicted octanol–water partition coefficient (Wildman–Crippen LogP) is 4.94. The number of benzene rings is 2. The van der Waals surface area contributed by atoms with E-state index in [0.29, 0.717) is 21.4 Å². The Labute approximate surface area is 138 Å². The minimum absolute atomic E-state index is 0.456. The Morgan fingerprint density at radius 3 is 2.64 bits per heavy atom. The zero-order valence-corrected chi connectivity index (χ0v) is 13.2. The number of fused-ring (bicyclic) bond motifs is 1.